The first kappa shape index (κ1) is 24.3. The van der Waals surface area contributed by atoms with Crippen molar-refractivity contribution >= 4 is 11.6 Å². The van der Waals surface area contributed by atoms with Crippen molar-refractivity contribution in [2.24, 2.45) is 16.6 Å². The second-order valence-corrected chi connectivity index (χ2v) is 8.03. The van der Waals surface area contributed by atoms with Gasteiger partial charge in [-0.2, -0.15) is 26.3 Å². The van der Waals surface area contributed by atoms with Crippen LogP contribution >= 0.6 is 0 Å². The average molecular weight is 438 g/mol. The largest absolute Gasteiger partial charge is 0.416 e. The zero-order chi connectivity index (χ0) is 22.5. The highest BCUT2D eigenvalue weighted by Crippen LogP contribution is 2.37. The lowest BCUT2D eigenvalue weighted by atomic mass is 9.91. The van der Waals surface area contributed by atoms with Crippen LogP contribution in [0.5, 0.6) is 0 Å². The van der Waals surface area contributed by atoms with Crippen LogP contribution in [0.15, 0.2) is 23.2 Å². The van der Waals surface area contributed by atoms with Crippen molar-refractivity contribution in [3.8, 4) is 0 Å². The highest BCUT2D eigenvalue weighted by molar-refractivity contribution is 5.94. The molecule has 10 heteroatoms. The van der Waals surface area contributed by atoms with Gasteiger partial charge in [0.25, 0.3) is 0 Å². The smallest absolute Gasteiger partial charge is 0.352 e. The van der Waals surface area contributed by atoms with Crippen LogP contribution < -0.4 is 16.4 Å². The van der Waals surface area contributed by atoms with E-state index in [1.54, 1.807) is 0 Å². The number of benzene rings is 1. The third-order valence-corrected chi connectivity index (χ3v) is 4.97. The number of nitrogens with zero attached hydrogens (tertiary/aromatic N) is 1. The SMILES string of the molecule is CC(C)CCN=C(Nc1cc(C(F)(F)F)cc(C(F)(F)F)c1)N[C@H]1CCCC[C@@H]1N. The fraction of sp³-hybridized carbons (Fsp3) is 0.650. The Hall–Kier alpha value is -1.97. The Kier molecular flexibility index (Phi) is 8.01. The molecule has 0 spiro atoms. The minimum absolute atomic E-state index is 0.102. The summed E-state index contributed by atoms with van der Waals surface area (Å²) in [6, 6.07) is 1.08. The van der Waals surface area contributed by atoms with Crippen molar-refractivity contribution in [2.45, 2.75) is 70.4 Å². The molecule has 1 aliphatic rings. The molecule has 2 atom stereocenters. The molecule has 1 aromatic rings. The molecule has 0 amide bonds. The van der Waals surface area contributed by atoms with Gasteiger partial charge in [0.2, 0.25) is 0 Å². The first-order valence-electron chi connectivity index (χ1n) is 9.99. The van der Waals surface area contributed by atoms with Crippen LogP contribution in [-0.4, -0.2) is 24.6 Å². The van der Waals surface area contributed by atoms with Gasteiger partial charge in [-0.15, -0.1) is 0 Å². The van der Waals surface area contributed by atoms with Crippen LogP contribution in [0.25, 0.3) is 0 Å². The number of halogens is 6. The van der Waals surface area contributed by atoms with E-state index in [2.05, 4.69) is 15.6 Å². The quantitative estimate of drug-likeness (QED) is 0.328. The normalized spacial score (nSPS) is 21.1. The van der Waals surface area contributed by atoms with Crippen LogP contribution in [0.2, 0.25) is 0 Å². The summed E-state index contributed by atoms with van der Waals surface area (Å²) in [5, 5.41) is 5.72. The Bertz CT molecular complexity index is 695. The second-order valence-electron chi connectivity index (χ2n) is 8.03. The number of anilines is 1. The summed E-state index contributed by atoms with van der Waals surface area (Å²) >= 11 is 0. The highest BCUT2D eigenvalue weighted by atomic mass is 19.4. The molecule has 1 aliphatic carbocycles. The molecule has 4 nitrogen and oxygen atoms in total. The van der Waals surface area contributed by atoms with E-state index in [0.717, 1.165) is 32.1 Å². The Morgan fingerprint density at radius 2 is 1.60 bits per heavy atom. The fourth-order valence-corrected chi connectivity index (χ4v) is 3.23. The second kappa shape index (κ2) is 9.89. The van der Waals surface area contributed by atoms with E-state index < -0.39 is 23.5 Å². The van der Waals surface area contributed by atoms with Gasteiger partial charge in [-0.1, -0.05) is 26.7 Å². The topological polar surface area (TPSA) is 62.4 Å². The molecule has 0 saturated heterocycles. The van der Waals surface area contributed by atoms with Crippen LogP contribution in [0, 0.1) is 5.92 Å². The minimum Gasteiger partial charge on any atom is -0.352 e. The van der Waals surface area contributed by atoms with E-state index in [9.17, 15) is 26.3 Å². The maximum absolute atomic E-state index is 13.1. The summed E-state index contributed by atoms with van der Waals surface area (Å²) in [4.78, 5) is 4.35. The zero-order valence-electron chi connectivity index (χ0n) is 17.0. The van der Waals surface area contributed by atoms with Gasteiger partial charge >= 0.3 is 12.4 Å². The number of nitrogens with one attached hydrogen (secondary N) is 2. The molecular weight excluding hydrogens is 410 g/mol. The van der Waals surface area contributed by atoms with Crippen molar-refractivity contribution in [3.05, 3.63) is 29.3 Å². The maximum Gasteiger partial charge on any atom is 0.416 e. The molecule has 0 aliphatic heterocycles. The third-order valence-electron chi connectivity index (χ3n) is 4.97. The number of nitrogens with two attached hydrogens (primary N) is 1. The lowest BCUT2D eigenvalue weighted by molar-refractivity contribution is -0.143. The molecule has 0 radical (unpaired) electrons. The standard InChI is InChI=1S/C20H28F6N4/c1-12(2)7-8-28-18(30-17-6-4-3-5-16(17)27)29-15-10-13(19(21,22)23)9-14(11-15)20(24,25)26/h9-12,16-17H,3-8,27H2,1-2H3,(H2,28,29,30)/t16-,17-/m0/s1. The molecule has 1 fully saturated rings. The fourth-order valence-electron chi connectivity index (χ4n) is 3.23. The molecule has 2 rings (SSSR count). The van der Waals surface area contributed by atoms with Crippen LogP contribution in [-0.2, 0) is 12.4 Å². The number of aliphatic imine (C=N–C) groups is 1. The molecule has 0 bridgehead atoms. The summed E-state index contributed by atoms with van der Waals surface area (Å²) in [5.74, 6) is 0.475. The van der Waals surface area contributed by atoms with Gasteiger partial charge in [0.1, 0.15) is 0 Å². The third kappa shape index (κ3) is 7.37. The van der Waals surface area contributed by atoms with Gasteiger partial charge in [-0.05, 0) is 43.4 Å². The Labute approximate surface area is 172 Å². The molecular formula is C20H28F6N4. The summed E-state index contributed by atoms with van der Waals surface area (Å²) < 4.78 is 78.8. The van der Waals surface area contributed by atoms with Gasteiger partial charge in [0, 0.05) is 24.3 Å². The average Bonchev–Trinajstić information content (AvgIpc) is 2.61. The number of alkyl halides is 6. The Morgan fingerprint density at radius 3 is 2.10 bits per heavy atom. The summed E-state index contributed by atoms with van der Waals surface area (Å²) in [7, 11) is 0. The molecule has 4 N–H and O–H groups in total. The van der Waals surface area contributed by atoms with E-state index in [-0.39, 0.29) is 29.8 Å². The van der Waals surface area contributed by atoms with E-state index in [1.165, 1.54) is 0 Å². The first-order chi connectivity index (χ1) is 13.9. The van der Waals surface area contributed by atoms with Crippen LogP contribution in [0.3, 0.4) is 0 Å². The van der Waals surface area contributed by atoms with Crippen LogP contribution in [0.4, 0.5) is 32.0 Å². The van der Waals surface area contributed by atoms with Crippen molar-refractivity contribution in [3.63, 3.8) is 0 Å². The summed E-state index contributed by atoms with van der Waals surface area (Å²) in [6.45, 7) is 4.37. The number of hydrogen-bond acceptors (Lipinski definition) is 2. The lowest BCUT2D eigenvalue weighted by Gasteiger charge is -2.31. The van der Waals surface area contributed by atoms with Crippen molar-refractivity contribution in [1.29, 1.82) is 0 Å². The van der Waals surface area contributed by atoms with Crippen LogP contribution in [0.1, 0.15) is 57.1 Å². The molecule has 1 aromatic carbocycles. The highest BCUT2D eigenvalue weighted by Gasteiger charge is 2.37. The van der Waals surface area contributed by atoms with Crippen molar-refractivity contribution in [2.75, 3.05) is 11.9 Å². The van der Waals surface area contributed by atoms with E-state index >= 15 is 0 Å². The Balaban J connectivity index is 2.32. The minimum atomic E-state index is -4.91. The number of hydrogen-bond donors (Lipinski definition) is 3. The van der Waals surface area contributed by atoms with E-state index in [0.29, 0.717) is 24.6 Å². The van der Waals surface area contributed by atoms with Crippen molar-refractivity contribution in [1.82, 2.24) is 5.32 Å². The first-order valence-corrected chi connectivity index (χ1v) is 9.99. The zero-order valence-corrected chi connectivity index (χ0v) is 17.0. The molecule has 0 heterocycles. The monoisotopic (exact) mass is 438 g/mol. The van der Waals surface area contributed by atoms with Gasteiger partial charge < -0.3 is 16.4 Å². The molecule has 0 aromatic heterocycles. The van der Waals surface area contributed by atoms with E-state index in [1.807, 2.05) is 13.8 Å². The van der Waals surface area contributed by atoms with Gasteiger partial charge in [-0.3, -0.25) is 4.99 Å². The summed E-state index contributed by atoms with van der Waals surface area (Å²) in [6.07, 6.45) is -5.64. The lowest BCUT2D eigenvalue weighted by Crippen LogP contribution is -2.51. The predicted molar refractivity (Wildman–Crippen MR) is 105 cm³/mol. The maximum atomic E-state index is 13.1. The predicted octanol–water partition coefficient (Wildman–Crippen LogP) is 5.40. The number of rotatable bonds is 5. The summed E-state index contributed by atoms with van der Waals surface area (Å²) in [5.41, 5.74) is 3.02. The molecule has 0 unspecified atom stereocenters. The molecule has 1 saturated carbocycles. The molecule has 170 valence electrons. The van der Waals surface area contributed by atoms with Gasteiger partial charge in [-0.25, -0.2) is 0 Å². The van der Waals surface area contributed by atoms with Gasteiger partial charge in [0.05, 0.1) is 11.1 Å². The van der Waals surface area contributed by atoms with E-state index in [4.69, 9.17) is 5.73 Å². The number of guanidine groups is 1. The van der Waals surface area contributed by atoms with Crippen molar-refractivity contribution < 1.29 is 26.3 Å². The van der Waals surface area contributed by atoms with Gasteiger partial charge in [0.15, 0.2) is 5.96 Å². The molecule has 30 heavy (non-hydrogen) atoms. The Morgan fingerprint density at radius 1 is 1.03 bits per heavy atom.